The van der Waals surface area contributed by atoms with Crippen molar-refractivity contribution in [3.63, 3.8) is 0 Å². The van der Waals surface area contributed by atoms with E-state index in [1.165, 1.54) is 6.42 Å². The molecule has 1 unspecified atom stereocenters. The molecule has 38 heavy (non-hydrogen) atoms. The topological polar surface area (TPSA) is 89.3 Å². The highest BCUT2D eigenvalue weighted by Crippen LogP contribution is 2.27. The van der Waals surface area contributed by atoms with E-state index < -0.39 is 6.04 Å². The molecule has 0 saturated heterocycles. The van der Waals surface area contributed by atoms with Gasteiger partial charge in [-0.2, -0.15) is 0 Å². The maximum atomic E-state index is 14.0. The Morgan fingerprint density at radius 2 is 1.68 bits per heavy atom. The number of aromatic nitrogens is 3. The number of benzene rings is 3. The molecular formula is C30H33N5O3. The van der Waals surface area contributed by atoms with Crippen LogP contribution in [0, 0.1) is 0 Å². The maximum absolute atomic E-state index is 14.0. The number of hydrogen-bond acceptors (Lipinski definition) is 5. The van der Waals surface area contributed by atoms with Gasteiger partial charge in [0.1, 0.15) is 23.9 Å². The van der Waals surface area contributed by atoms with Gasteiger partial charge in [-0.05, 0) is 48.2 Å². The molecule has 8 nitrogen and oxygen atoms in total. The molecule has 2 amide bonds. The lowest BCUT2D eigenvalue weighted by Gasteiger charge is -2.33. The molecule has 1 aromatic heterocycles. The Morgan fingerprint density at radius 3 is 2.42 bits per heavy atom. The number of nitrogens with zero attached hydrogens (tertiary/aromatic N) is 4. The van der Waals surface area contributed by atoms with E-state index in [0.717, 1.165) is 53.6 Å². The van der Waals surface area contributed by atoms with E-state index in [1.807, 2.05) is 78.9 Å². The highest BCUT2D eigenvalue weighted by molar-refractivity contribution is 5.89. The number of fused-ring (bicyclic) bond motifs is 1. The summed E-state index contributed by atoms with van der Waals surface area (Å²) < 4.78 is 6.91. The highest BCUT2D eigenvalue weighted by atomic mass is 16.5. The molecule has 0 bridgehead atoms. The van der Waals surface area contributed by atoms with Crippen LogP contribution in [0.2, 0.25) is 0 Å². The van der Waals surface area contributed by atoms with Crippen LogP contribution in [-0.4, -0.2) is 44.9 Å². The molecular weight excluding hydrogens is 478 g/mol. The molecule has 5 rings (SSSR count). The van der Waals surface area contributed by atoms with Crippen LogP contribution in [0.4, 0.5) is 0 Å². The summed E-state index contributed by atoms with van der Waals surface area (Å²) in [5.41, 5.74) is 3.16. The Balaban J connectivity index is 1.50. The van der Waals surface area contributed by atoms with Crippen molar-refractivity contribution in [1.29, 1.82) is 0 Å². The number of methoxy groups -OCH3 is 1. The Kier molecular flexibility index (Phi) is 7.97. The average Bonchev–Trinajstić information content (AvgIpc) is 3.37. The minimum Gasteiger partial charge on any atom is -0.497 e. The fourth-order valence-electron chi connectivity index (χ4n) is 5.14. The molecule has 1 atom stereocenters. The van der Waals surface area contributed by atoms with Gasteiger partial charge in [-0.15, -0.1) is 5.10 Å². The predicted octanol–water partition coefficient (Wildman–Crippen LogP) is 4.66. The number of carbonyl (C=O) groups excluding carboxylic acids is 2. The van der Waals surface area contributed by atoms with Gasteiger partial charge in [-0.3, -0.25) is 9.59 Å². The lowest BCUT2D eigenvalue weighted by atomic mass is 9.94. The first kappa shape index (κ1) is 25.4. The number of hydrogen-bond donors (Lipinski definition) is 1. The van der Waals surface area contributed by atoms with Crippen molar-refractivity contribution < 1.29 is 14.3 Å². The van der Waals surface area contributed by atoms with E-state index in [1.54, 1.807) is 16.7 Å². The smallest absolute Gasteiger partial charge is 0.247 e. The van der Waals surface area contributed by atoms with Crippen molar-refractivity contribution in [2.45, 2.75) is 57.3 Å². The lowest BCUT2D eigenvalue weighted by molar-refractivity contribution is -0.142. The average molecular weight is 512 g/mol. The van der Waals surface area contributed by atoms with Gasteiger partial charge in [0.05, 0.1) is 12.6 Å². The number of rotatable bonds is 9. The van der Waals surface area contributed by atoms with Crippen LogP contribution >= 0.6 is 0 Å². The van der Waals surface area contributed by atoms with Crippen LogP contribution in [0.1, 0.15) is 49.3 Å². The summed E-state index contributed by atoms with van der Waals surface area (Å²) in [4.78, 5) is 29.6. The molecule has 4 aromatic rings. The Morgan fingerprint density at radius 1 is 0.974 bits per heavy atom. The SMILES string of the molecule is COc1ccc(CN(C(=O)Cn2nnc3ccccc32)C(C(=O)NC2CCCCC2)c2ccccc2)cc1. The second-order valence-electron chi connectivity index (χ2n) is 9.76. The second-order valence-corrected chi connectivity index (χ2v) is 9.76. The van der Waals surface area contributed by atoms with E-state index >= 15 is 0 Å². The molecule has 1 fully saturated rings. The van der Waals surface area contributed by atoms with Crippen molar-refractivity contribution in [3.8, 4) is 5.75 Å². The van der Waals surface area contributed by atoms with Gasteiger partial charge in [0.15, 0.2) is 0 Å². The van der Waals surface area contributed by atoms with Gasteiger partial charge < -0.3 is 15.0 Å². The van der Waals surface area contributed by atoms with Gasteiger partial charge in [-0.25, -0.2) is 4.68 Å². The first-order chi connectivity index (χ1) is 18.6. The minimum absolute atomic E-state index is 0.0310. The summed E-state index contributed by atoms with van der Waals surface area (Å²) in [6.07, 6.45) is 5.33. The molecule has 1 N–H and O–H groups in total. The zero-order valence-electron chi connectivity index (χ0n) is 21.6. The summed E-state index contributed by atoms with van der Waals surface area (Å²) in [6, 6.07) is 24.0. The van der Waals surface area contributed by atoms with Gasteiger partial charge in [0, 0.05) is 12.6 Å². The van der Waals surface area contributed by atoms with E-state index in [0.29, 0.717) is 0 Å². The van der Waals surface area contributed by atoms with Crippen LogP contribution < -0.4 is 10.1 Å². The molecule has 196 valence electrons. The summed E-state index contributed by atoms with van der Waals surface area (Å²) in [5.74, 6) is 0.355. The van der Waals surface area contributed by atoms with Crippen molar-refractivity contribution >= 4 is 22.8 Å². The second kappa shape index (κ2) is 11.9. The van der Waals surface area contributed by atoms with Gasteiger partial charge >= 0.3 is 0 Å². The summed E-state index contributed by atoms with van der Waals surface area (Å²) in [5, 5.41) is 11.7. The summed E-state index contributed by atoms with van der Waals surface area (Å²) in [6.45, 7) is 0.226. The van der Waals surface area contributed by atoms with Crippen molar-refractivity contribution in [3.05, 3.63) is 90.0 Å². The lowest BCUT2D eigenvalue weighted by Crippen LogP contribution is -2.47. The Hall–Kier alpha value is -4.20. The first-order valence-corrected chi connectivity index (χ1v) is 13.2. The summed E-state index contributed by atoms with van der Waals surface area (Å²) >= 11 is 0. The van der Waals surface area contributed by atoms with Crippen LogP contribution in [0.3, 0.4) is 0 Å². The molecule has 3 aromatic carbocycles. The number of ether oxygens (including phenoxy) is 1. The van der Waals surface area contributed by atoms with E-state index in [2.05, 4.69) is 15.6 Å². The van der Waals surface area contributed by atoms with E-state index in [4.69, 9.17) is 4.74 Å². The third-order valence-electron chi connectivity index (χ3n) is 7.16. The van der Waals surface area contributed by atoms with Gasteiger partial charge in [0.2, 0.25) is 11.8 Å². The van der Waals surface area contributed by atoms with Crippen LogP contribution in [0.25, 0.3) is 11.0 Å². The van der Waals surface area contributed by atoms with Crippen molar-refractivity contribution in [2.24, 2.45) is 0 Å². The normalized spacial score (nSPS) is 14.7. The standard InChI is InChI=1S/C30H33N5O3/c1-38-25-18-16-22(17-19-25)20-34(28(36)21-35-27-15-9-8-14-26(27)32-33-35)29(23-10-4-2-5-11-23)30(37)31-24-12-6-3-7-13-24/h2,4-5,8-11,14-19,24,29H,3,6-7,12-13,20-21H2,1H3,(H,31,37). The molecule has 0 aliphatic heterocycles. The van der Waals surface area contributed by atoms with E-state index in [-0.39, 0.29) is 30.9 Å². The molecule has 1 aliphatic carbocycles. The Labute approximate surface area is 222 Å². The minimum atomic E-state index is -0.789. The Bertz CT molecular complexity index is 1360. The molecule has 0 radical (unpaired) electrons. The fourth-order valence-corrected chi connectivity index (χ4v) is 5.14. The fraction of sp³-hybridized carbons (Fsp3) is 0.333. The maximum Gasteiger partial charge on any atom is 0.247 e. The van der Waals surface area contributed by atoms with Crippen molar-refractivity contribution in [2.75, 3.05) is 7.11 Å². The van der Waals surface area contributed by atoms with Gasteiger partial charge in [0.25, 0.3) is 0 Å². The zero-order chi connectivity index (χ0) is 26.3. The number of para-hydroxylation sites is 1. The van der Waals surface area contributed by atoms with Gasteiger partial charge in [-0.1, -0.05) is 79.1 Å². The largest absolute Gasteiger partial charge is 0.497 e. The number of amides is 2. The molecule has 8 heteroatoms. The third kappa shape index (κ3) is 5.85. The quantitative estimate of drug-likeness (QED) is 0.353. The zero-order valence-corrected chi connectivity index (χ0v) is 21.6. The molecule has 0 spiro atoms. The molecule has 1 aliphatic rings. The third-order valence-corrected chi connectivity index (χ3v) is 7.16. The monoisotopic (exact) mass is 511 g/mol. The van der Waals surface area contributed by atoms with E-state index in [9.17, 15) is 9.59 Å². The number of carbonyl (C=O) groups is 2. The van der Waals surface area contributed by atoms with Crippen molar-refractivity contribution in [1.82, 2.24) is 25.2 Å². The number of nitrogens with one attached hydrogen (secondary N) is 1. The highest BCUT2D eigenvalue weighted by Gasteiger charge is 2.33. The molecule has 1 saturated carbocycles. The predicted molar refractivity (Wildman–Crippen MR) is 145 cm³/mol. The molecule has 1 heterocycles. The van der Waals surface area contributed by atoms with Crippen LogP contribution in [-0.2, 0) is 22.7 Å². The first-order valence-electron chi connectivity index (χ1n) is 13.2. The summed E-state index contributed by atoms with van der Waals surface area (Å²) in [7, 11) is 1.62. The van der Waals surface area contributed by atoms with Crippen LogP contribution in [0.15, 0.2) is 78.9 Å². The van der Waals surface area contributed by atoms with Crippen LogP contribution in [0.5, 0.6) is 5.75 Å².